The summed E-state index contributed by atoms with van der Waals surface area (Å²) in [6, 6.07) is 19.3. The van der Waals surface area contributed by atoms with Crippen molar-refractivity contribution in [3.05, 3.63) is 72.7 Å². The Balaban J connectivity index is 1.37. The van der Waals surface area contributed by atoms with Crippen molar-refractivity contribution < 1.29 is 0 Å². The summed E-state index contributed by atoms with van der Waals surface area (Å²) < 4.78 is 2.11. The Morgan fingerprint density at radius 2 is 1.85 bits per heavy atom. The first-order valence-electron chi connectivity index (χ1n) is 9.10. The molecular formula is C21H21N5. The van der Waals surface area contributed by atoms with Gasteiger partial charge in [-0.3, -0.25) is 9.30 Å². The number of hydrogen-bond acceptors (Lipinski definition) is 4. The van der Waals surface area contributed by atoms with Gasteiger partial charge in [0, 0.05) is 25.7 Å². The molecule has 1 aliphatic heterocycles. The number of nitrogens with one attached hydrogen (secondary N) is 1. The van der Waals surface area contributed by atoms with Crippen LogP contribution in [0.5, 0.6) is 0 Å². The van der Waals surface area contributed by atoms with E-state index in [2.05, 4.69) is 62.1 Å². The second-order valence-corrected chi connectivity index (χ2v) is 6.95. The van der Waals surface area contributed by atoms with E-state index in [9.17, 15) is 0 Å². The predicted octanol–water partition coefficient (Wildman–Crippen LogP) is 3.57. The van der Waals surface area contributed by atoms with Crippen molar-refractivity contribution in [3.63, 3.8) is 0 Å². The predicted molar refractivity (Wildman–Crippen MR) is 104 cm³/mol. The van der Waals surface area contributed by atoms with Crippen molar-refractivity contribution in [1.29, 1.82) is 0 Å². The summed E-state index contributed by atoms with van der Waals surface area (Å²) in [5, 5.41) is 3.66. The number of anilines is 1. The highest BCUT2D eigenvalue weighted by atomic mass is 15.2. The second kappa shape index (κ2) is 6.42. The van der Waals surface area contributed by atoms with E-state index >= 15 is 0 Å². The van der Waals surface area contributed by atoms with Crippen molar-refractivity contribution in [2.45, 2.75) is 19.0 Å². The molecule has 5 nitrogen and oxygen atoms in total. The SMILES string of the molecule is c1ccc(CN2CC[C@H](Nc3nc4ccccc4n4cncc34)C2)cc1. The van der Waals surface area contributed by atoms with Crippen LogP contribution in [0.2, 0.25) is 0 Å². The number of nitrogens with zero attached hydrogens (tertiary/aromatic N) is 4. The maximum absolute atomic E-state index is 4.86. The molecule has 3 heterocycles. The number of para-hydroxylation sites is 2. The topological polar surface area (TPSA) is 45.5 Å². The van der Waals surface area contributed by atoms with Gasteiger partial charge >= 0.3 is 0 Å². The van der Waals surface area contributed by atoms with Gasteiger partial charge in [-0.25, -0.2) is 9.97 Å². The van der Waals surface area contributed by atoms with Gasteiger partial charge in [0.1, 0.15) is 5.52 Å². The number of fused-ring (bicyclic) bond motifs is 3. The Bertz CT molecular complexity index is 1040. The molecule has 5 rings (SSSR count). The number of aromatic nitrogens is 3. The molecule has 0 spiro atoms. The summed E-state index contributed by atoms with van der Waals surface area (Å²) in [7, 11) is 0. The summed E-state index contributed by atoms with van der Waals surface area (Å²) in [5.41, 5.74) is 4.47. The molecule has 0 amide bonds. The van der Waals surface area contributed by atoms with Crippen LogP contribution < -0.4 is 5.32 Å². The maximum atomic E-state index is 4.86. The Morgan fingerprint density at radius 1 is 1.00 bits per heavy atom. The van der Waals surface area contributed by atoms with Crippen molar-refractivity contribution in [3.8, 4) is 0 Å². The maximum Gasteiger partial charge on any atom is 0.153 e. The van der Waals surface area contributed by atoms with Gasteiger partial charge < -0.3 is 5.32 Å². The molecule has 1 aliphatic rings. The van der Waals surface area contributed by atoms with Gasteiger partial charge in [-0.2, -0.15) is 0 Å². The number of likely N-dealkylation sites (tertiary alicyclic amines) is 1. The standard InChI is InChI=1S/C21H21N5/c1-2-6-16(7-3-1)13-25-11-10-17(14-25)23-21-20-12-22-15-26(20)19-9-5-4-8-18(19)24-21/h1-9,12,15,17H,10-11,13-14H2,(H,23,24)/t17-/m0/s1. The molecule has 0 saturated carbocycles. The second-order valence-electron chi connectivity index (χ2n) is 6.95. The molecule has 130 valence electrons. The summed E-state index contributed by atoms with van der Waals surface area (Å²) in [6.45, 7) is 3.14. The van der Waals surface area contributed by atoms with E-state index in [0.717, 1.165) is 48.4 Å². The van der Waals surface area contributed by atoms with Crippen LogP contribution in [0.15, 0.2) is 67.1 Å². The number of hydrogen-bond donors (Lipinski definition) is 1. The first kappa shape index (κ1) is 15.3. The van der Waals surface area contributed by atoms with Crippen LogP contribution in [-0.2, 0) is 6.54 Å². The molecule has 26 heavy (non-hydrogen) atoms. The highest BCUT2D eigenvalue weighted by Crippen LogP contribution is 2.24. The van der Waals surface area contributed by atoms with E-state index in [4.69, 9.17) is 4.98 Å². The van der Waals surface area contributed by atoms with Crippen molar-refractivity contribution in [2.24, 2.45) is 0 Å². The Hall–Kier alpha value is -2.92. The lowest BCUT2D eigenvalue weighted by Gasteiger charge is -2.18. The van der Waals surface area contributed by atoms with Gasteiger partial charge in [0.25, 0.3) is 0 Å². The van der Waals surface area contributed by atoms with Gasteiger partial charge in [-0.05, 0) is 24.1 Å². The monoisotopic (exact) mass is 343 g/mol. The summed E-state index contributed by atoms with van der Waals surface area (Å²) >= 11 is 0. The Kier molecular flexibility index (Phi) is 3.79. The van der Waals surface area contributed by atoms with Crippen molar-refractivity contribution in [2.75, 3.05) is 18.4 Å². The van der Waals surface area contributed by atoms with Gasteiger partial charge in [0.05, 0.1) is 23.6 Å². The first-order valence-corrected chi connectivity index (χ1v) is 9.10. The first-order chi connectivity index (χ1) is 12.9. The van der Waals surface area contributed by atoms with Crippen LogP contribution in [0.3, 0.4) is 0 Å². The lowest BCUT2D eigenvalue weighted by atomic mass is 10.2. The van der Waals surface area contributed by atoms with Crippen LogP contribution in [0.1, 0.15) is 12.0 Å². The van der Waals surface area contributed by atoms with Crippen molar-refractivity contribution in [1.82, 2.24) is 19.3 Å². The highest BCUT2D eigenvalue weighted by Gasteiger charge is 2.23. The molecule has 1 fully saturated rings. The van der Waals surface area contributed by atoms with E-state index in [-0.39, 0.29) is 0 Å². The van der Waals surface area contributed by atoms with E-state index in [1.165, 1.54) is 5.56 Å². The largest absolute Gasteiger partial charge is 0.364 e. The fourth-order valence-electron chi connectivity index (χ4n) is 3.84. The average molecular weight is 343 g/mol. The molecule has 0 bridgehead atoms. The van der Waals surface area contributed by atoms with Crippen LogP contribution >= 0.6 is 0 Å². The fraction of sp³-hybridized carbons (Fsp3) is 0.238. The molecule has 1 atom stereocenters. The smallest absolute Gasteiger partial charge is 0.153 e. The summed E-state index contributed by atoms with van der Waals surface area (Å²) in [6.07, 6.45) is 4.88. The zero-order valence-electron chi connectivity index (χ0n) is 14.5. The minimum Gasteiger partial charge on any atom is -0.364 e. The van der Waals surface area contributed by atoms with Gasteiger partial charge in [-0.1, -0.05) is 42.5 Å². The lowest BCUT2D eigenvalue weighted by molar-refractivity contribution is 0.328. The number of benzene rings is 2. The lowest BCUT2D eigenvalue weighted by Crippen LogP contribution is -2.26. The minimum atomic E-state index is 0.408. The van der Waals surface area contributed by atoms with Crippen LogP contribution in [0.4, 0.5) is 5.82 Å². The Labute approximate surface area is 152 Å². The van der Waals surface area contributed by atoms with E-state index in [1.54, 1.807) is 0 Å². The molecule has 0 radical (unpaired) electrons. The van der Waals surface area contributed by atoms with Crippen LogP contribution in [-0.4, -0.2) is 38.4 Å². The normalized spacial score (nSPS) is 17.9. The molecular weight excluding hydrogens is 322 g/mol. The molecule has 0 unspecified atom stereocenters. The Morgan fingerprint density at radius 3 is 2.77 bits per heavy atom. The van der Waals surface area contributed by atoms with Crippen molar-refractivity contribution >= 4 is 22.4 Å². The third kappa shape index (κ3) is 2.80. The fourth-order valence-corrected chi connectivity index (χ4v) is 3.84. The highest BCUT2D eigenvalue weighted by molar-refractivity contribution is 5.84. The average Bonchev–Trinajstić information content (AvgIpc) is 3.33. The quantitative estimate of drug-likeness (QED) is 0.615. The zero-order valence-corrected chi connectivity index (χ0v) is 14.5. The third-order valence-corrected chi connectivity index (χ3v) is 5.12. The molecule has 4 aromatic rings. The molecule has 2 aromatic carbocycles. The summed E-state index contributed by atoms with van der Waals surface area (Å²) in [5.74, 6) is 0.924. The number of rotatable bonds is 4. The summed E-state index contributed by atoms with van der Waals surface area (Å²) in [4.78, 5) is 11.7. The van der Waals surface area contributed by atoms with Crippen LogP contribution in [0.25, 0.3) is 16.6 Å². The van der Waals surface area contributed by atoms with Gasteiger partial charge in [0.15, 0.2) is 5.82 Å². The molecule has 2 aromatic heterocycles. The van der Waals surface area contributed by atoms with Gasteiger partial charge in [0.2, 0.25) is 0 Å². The molecule has 1 saturated heterocycles. The van der Waals surface area contributed by atoms with E-state index in [1.807, 2.05) is 24.7 Å². The molecule has 5 heteroatoms. The van der Waals surface area contributed by atoms with E-state index < -0.39 is 0 Å². The van der Waals surface area contributed by atoms with Gasteiger partial charge in [-0.15, -0.1) is 0 Å². The van der Waals surface area contributed by atoms with E-state index in [0.29, 0.717) is 6.04 Å². The third-order valence-electron chi connectivity index (χ3n) is 5.12. The minimum absolute atomic E-state index is 0.408. The molecule has 1 N–H and O–H groups in total. The zero-order chi connectivity index (χ0) is 17.3. The number of imidazole rings is 1. The van der Waals surface area contributed by atoms with Crippen LogP contribution in [0, 0.1) is 0 Å². The molecule has 0 aliphatic carbocycles.